The number of ether oxygens (including phenoxy) is 1. The van der Waals surface area contributed by atoms with Crippen LogP contribution in [-0.4, -0.2) is 32.2 Å². The molecule has 0 aliphatic carbocycles. The lowest BCUT2D eigenvalue weighted by molar-refractivity contribution is -0.386. The molecule has 1 unspecified atom stereocenters. The van der Waals surface area contributed by atoms with Crippen molar-refractivity contribution in [2.45, 2.75) is 24.8 Å². The maximum absolute atomic E-state index is 11.8. The lowest BCUT2D eigenvalue weighted by Gasteiger charge is -2.17. The summed E-state index contributed by atoms with van der Waals surface area (Å²) in [5.41, 5.74) is 0.759. The predicted molar refractivity (Wildman–Crippen MR) is 96.0 cm³/mol. The van der Waals surface area contributed by atoms with E-state index in [1.165, 1.54) is 18.2 Å². The third kappa shape index (κ3) is 4.93. The van der Waals surface area contributed by atoms with Crippen LogP contribution in [0.4, 0.5) is 11.4 Å². The van der Waals surface area contributed by atoms with Gasteiger partial charge in [0.2, 0.25) is 0 Å². The van der Waals surface area contributed by atoms with Gasteiger partial charge in [-0.15, -0.1) is 0 Å². The summed E-state index contributed by atoms with van der Waals surface area (Å²) in [5, 5.41) is 14.2. The van der Waals surface area contributed by atoms with Crippen LogP contribution in [0.5, 0.6) is 5.75 Å². The zero-order chi connectivity index (χ0) is 18.6. The zero-order valence-corrected chi connectivity index (χ0v) is 15.0. The normalized spacial score (nSPS) is 12.4. The van der Waals surface area contributed by atoms with Crippen molar-refractivity contribution in [3.8, 4) is 5.75 Å². The molecular weight excluding hydrogens is 344 g/mol. The highest BCUT2D eigenvalue weighted by molar-refractivity contribution is 7.90. The molecule has 0 aromatic heterocycles. The fraction of sp³-hybridized carbons (Fsp3) is 0.294. The van der Waals surface area contributed by atoms with Crippen molar-refractivity contribution in [3.05, 3.63) is 58.1 Å². The Balaban J connectivity index is 2.16. The number of rotatable bonds is 7. The standard InChI is InChI=1S/C17H20N2O5S/c1-12-6-4-7-14(10-12)24-13(2)11-18-15-8-5-9-16(25(3,22)23)17(15)19(20)21/h4-10,13,18H,11H2,1-3H3. The van der Waals surface area contributed by atoms with Gasteiger partial charge in [-0.1, -0.05) is 18.2 Å². The summed E-state index contributed by atoms with van der Waals surface area (Å²) in [5.74, 6) is 0.702. The maximum atomic E-state index is 11.8. The van der Waals surface area contributed by atoms with E-state index in [1.807, 2.05) is 38.1 Å². The van der Waals surface area contributed by atoms with E-state index in [-0.39, 0.29) is 23.2 Å². The lowest BCUT2D eigenvalue weighted by atomic mass is 10.2. The molecule has 0 heterocycles. The fourth-order valence-corrected chi connectivity index (χ4v) is 3.23. The third-order valence-corrected chi connectivity index (χ3v) is 4.62. The van der Waals surface area contributed by atoms with E-state index in [9.17, 15) is 18.5 Å². The molecule has 0 fully saturated rings. The lowest BCUT2D eigenvalue weighted by Crippen LogP contribution is -2.23. The Bertz CT molecular complexity index is 880. The molecule has 0 aliphatic heterocycles. The Labute approximate surface area is 146 Å². The summed E-state index contributed by atoms with van der Waals surface area (Å²) < 4.78 is 29.3. The molecule has 134 valence electrons. The van der Waals surface area contributed by atoms with Gasteiger partial charge in [-0.2, -0.15) is 0 Å². The average molecular weight is 364 g/mol. The van der Waals surface area contributed by atoms with Crippen LogP contribution >= 0.6 is 0 Å². The molecule has 0 bridgehead atoms. The molecule has 0 spiro atoms. The van der Waals surface area contributed by atoms with E-state index in [4.69, 9.17) is 4.74 Å². The molecule has 1 atom stereocenters. The molecule has 0 aliphatic rings. The highest BCUT2D eigenvalue weighted by atomic mass is 32.2. The molecule has 2 aromatic carbocycles. The van der Waals surface area contributed by atoms with Crippen molar-refractivity contribution in [1.29, 1.82) is 0 Å². The van der Waals surface area contributed by atoms with Crippen LogP contribution < -0.4 is 10.1 Å². The zero-order valence-electron chi connectivity index (χ0n) is 14.2. The van der Waals surface area contributed by atoms with Gasteiger partial charge < -0.3 is 10.1 Å². The molecule has 2 aromatic rings. The van der Waals surface area contributed by atoms with Crippen LogP contribution in [-0.2, 0) is 9.84 Å². The molecule has 7 nitrogen and oxygen atoms in total. The first-order valence-electron chi connectivity index (χ1n) is 7.63. The van der Waals surface area contributed by atoms with E-state index in [0.717, 1.165) is 11.8 Å². The van der Waals surface area contributed by atoms with Crippen LogP contribution in [0.15, 0.2) is 47.4 Å². The van der Waals surface area contributed by atoms with Crippen LogP contribution in [0.1, 0.15) is 12.5 Å². The van der Waals surface area contributed by atoms with Gasteiger partial charge in [0, 0.05) is 6.26 Å². The molecule has 1 N–H and O–H groups in total. The Morgan fingerprint density at radius 1 is 1.24 bits per heavy atom. The van der Waals surface area contributed by atoms with Crippen molar-refractivity contribution < 1.29 is 18.1 Å². The van der Waals surface area contributed by atoms with Gasteiger partial charge in [-0.3, -0.25) is 10.1 Å². The van der Waals surface area contributed by atoms with Gasteiger partial charge in [-0.05, 0) is 43.7 Å². The number of nitrogens with zero attached hydrogens (tertiary/aromatic N) is 1. The van der Waals surface area contributed by atoms with E-state index in [1.54, 1.807) is 0 Å². The second-order valence-electron chi connectivity index (χ2n) is 5.81. The van der Waals surface area contributed by atoms with Crippen molar-refractivity contribution in [2.75, 3.05) is 18.1 Å². The first kappa shape index (κ1) is 18.7. The van der Waals surface area contributed by atoms with Gasteiger partial charge in [0.05, 0.1) is 11.5 Å². The summed E-state index contributed by atoms with van der Waals surface area (Å²) in [7, 11) is -3.71. The van der Waals surface area contributed by atoms with Crippen molar-refractivity contribution in [1.82, 2.24) is 0 Å². The minimum Gasteiger partial charge on any atom is -0.489 e. The van der Waals surface area contributed by atoms with Gasteiger partial charge in [0.15, 0.2) is 9.84 Å². The highest BCUT2D eigenvalue weighted by Crippen LogP contribution is 2.32. The highest BCUT2D eigenvalue weighted by Gasteiger charge is 2.26. The van der Waals surface area contributed by atoms with Crippen LogP contribution in [0.25, 0.3) is 0 Å². The molecule has 0 saturated carbocycles. The number of nitrogens with one attached hydrogen (secondary N) is 1. The molecule has 2 rings (SSSR count). The Hall–Kier alpha value is -2.61. The number of aryl methyl sites for hydroxylation is 1. The molecule has 0 radical (unpaired) electrons. The minimum absolute atomic E-state index is 0.146. The Morgan fingerprint density at radius 3 is 2.52 bits per heavy atom. The Kier molecular flexibility index (Phi) is 5.63. The largest absolute Gasteiger partial charge is 0.489 e. The van der Waals surface area contributed by atoms with Gasteiger partial charge in [-0.25, -0.2) is 8.42 Å². The number of para-hydroxylation sites is 1. The summed E-state index contributed by atoms with van der Waals surface area (Å²) in [6, 6.07) is 11.7. The second kappa shape index (κ2) is 7.52. The van der Waals surface area contributed by atoms with Crippen LogP contribution in [0.2, 0.25) is 0 Å². The maximum Gasteiger partial charge on any atom is 0.310 e. The number of anilines is 1. The predicted octanol–water partition coefficient (Wildman–Crippen LogP) is 3.19. The number of nitro benzene ring substituents is 1. The average Bonchev–Trinajstić information content (AvgIpc) is 2.51. The molecule has 25 heavy (non-hydrogen) atoms. The summed E-state index contributed by atoms with van der Waals surface area (Å²) >= 11 is 0. The molecule has 8 heteroatoms. The van der Waals surface area contributed by atoms with Crippen molar-refractivity contribution >= 4 is 21.2 Å². The van der Waals surface area contributed by atoms with E-state index < -0.39 is 20.4 Å². The topological polar surface area (TPSA) is 98.5 Å². The summed E-state index contributed by atoms with van der Waals surface area (Å²) in [6.45, 7) is 4.05. The summed E-state index contributed by atoms with van der Waals surface area (Å²) in [6.07, 6.45) is 0.672. The molecule has 0 saturated heterocycles. The quantitative estimate of drug-likeness (QED) is 0.598. The summed E-state index contributed by atoms with van der Waals surface area (Å²) in [4.78, 5) is 10.3. The molecule has 0 amide bonds. The van der Waals surface area contributed by atoms with Crippen LogP contribution in [0.3, 0.4) is 0 Å². The first-order valence-corrected chi connectivity index (χ1v) is 9.52. The SMILES string of the molecule is Cc1cccc(OC(C)CNc2cccc(S(C)(=O)=O)c2[N+](=O)[O-])c1. The second-order valence-corrected chi connectivity index (χ2v) is 7.79. The smallest absolute Gasteiger partial charge is 0.310 e. The van der Waals surface area contributed by atoms with Crippen LogP contribution in [0, 0.1) is 17.0 Å². The van der Waals surface area contributed by atoms with Gasteiger partial charge >= 0.3 is 5.69 Å². The van der Waals surface area contributed by atoms with Crippen molar-refractivity contribution in [3.63, 3.8) is 0 Å². The molecular formula is C17H20N2O5S. The number of sulfone groups is 1. The first-order chi connectivity index (χ1) is 11.7. The van der Waals surface area contributed by atoms with E-state index >= 15 is 0 Å². The van der Waals surface area contributed by atoms with E-state index in [0.29, 0.717) is 5.75 Å². The minimum atomic E-state index is -3.71. The van der Waals surface area contributed by atoms with E-state index in [2.05, 4.69) is 5.32 Å². The number of hydrogen-bond donors (Lipinski definition) is 1. The van der Waals surface area contributed by atoms with Gasteiger partial charge in [0.1, 0.15) is 22.4 Å². The number of nitro groups is 1. The number of hydrogen-bond acceptors (Lipinski definition) is 6. The van der Waals surface area contributed by atoms with Crippen molar-refractivity contribution in [2.24, 2.45) is 0 Å². The Morgan fingerprint density at radius 2 is 1.92 bits per heavy atom. The monoisotopic (exact) mass is 364 g/mol. The third-order valence-electron chi connectivity index (χ3n) is 3.49. The van der Waals surface area contributed by atoms with Gasteiger partial charge in [0.25, 0.3) is 0 Å². The number of benzene rings is 2. The fourth-order valence-electron chi connectivity index (χ4n) is 2.37.